The van der Waals surface area contributed by atoms with Crippen molar-refractivity contribution in [3.8, 4) is 0 Å². The molecule has 0 aliphatic carbocycles. The highest BCUT2D eigenvalue weighted by atomic mass is 16.5. The monoisotopic (exact) mass is 239 g/mol. The molecule has 6 nitrogen and oxygen atoms in total. The molecule has 0 radical (unpaired) electrons. The molecule has 96 valence electrons. The summed E-state index contributed by atoms with van der Waals surface area (Å²) < 4.78 is 5.55. The average Bonchev–Trinajstić information content (AvgIpc) is 2.74. The molecular weight excluding hydrogens is 218 g/mol. The van der Waals surface area contributed by atoms with E-state index >= 15 is 0 Å². The summed E-state index contributed by atoms with van der Waals surface area (Å²) in [5.74, 6) is 1.27. The minimum absolute atomic E-state index is 0.458. The maximum absolute atomic E-state index is 5.55. The van der Waals surface area contributed by atoms with Crippen LogP contribution in [0.3, 0.4) is 0 Å². The van der Waals surface area contributed by atoms with Gasteiger partial charge in [0.15, 0.2) is 5.82 Å². The molecule has 2 atom stereocenters. The number of ether oxygens (including phenoxy) is 1. The number of nitrogens with zero attached hydrogens (tertiary/aromatic N) is 4. The van der Waals surface area contributed by atoms with Gasteiger partial charge in [0.25, 0.3) is 0 Å². The predicted octanol–water partition coefficient (Wildman–Crippen LogP) is 0.157. The zero-order valence-electron chi connectivity index (χ0n) is 10.6. The van der Waals surface area contributed by atoms with Gasteiger partial charge in [-0.2, -0.15) is 4.80 Å². The maximum atomic E-state index is 5.55. The minimum atomic E-state index is 0.458. The van der Waals surface area contributed by atoms with Crippen LogP contribution < -0.4 is 5.32 Å². The van der Waals surface area contributed by atoms with Crippen LogP contribution in [0.15, 0.2) is 0 Å². The molecule has 1 fully saturated rings. The van der Waals surface area contributed by atoms with Crippen molar-refractivity contribution in [1.82, 2.24) is 25.5 Å². The van der Waals surface area contributed by atoms with Crippen molar-refractivity contribution in [3.05, 3.63) is 5.82 Å². The molecule has 1 aromatic heterocycles. The molecule has 2 heterocycles. The Bertz CT molecular complexity index is 340. The second-order valence-corrected chi connectivity index (χ2v) is 4.58. The van der Waals surface area contributed by atoms with Gasteiger partial charge >= 0.3 is 0 Å². The van der Waals surface area contributed by atoms with Crippen LogP contribution in [0.1, 0.15) is 25.6 Å². The molecule has 1 aliphatic heterocycles. The second kappa shape index (κ2) is 6.07. The first-order chi connectivity index (χ1) is 8.29. The highest BCUT2D eigenvalue weighted by Crippen LogP contribution is 2.18. The van der Waals surface area contributed by atoms with Crippen molar-refractivity contribution in [2.24, 2.45) is 13.0 Å². The topological polar surface area (TPSA) is 64.9 Å². The number of rotatable bonds is 5. The lowest BCUT2D eigenvalue weighted by Crippen LogP contribution is -2.44. The molecule has 1 N–H and O–H groups in total. The molecule has 6 heteroatoms. The largest absolute Gasteiger partial charge is 0.381 e. The van der Waals surface area contributed by atoms with Gasteiger partial charge < -0.3 is 10.1 Å². The first-order valence-electron chi connectivity index (χ1n) is 6.33. The lowest BCUT2D eigenvalue weighted by atomic mass is 9.92. The Morgan fingerprint density at radius 3 is 3.12 bits per heavy atom. The summed E-state index contributed by atoms with van der Waals surface area (Å²) in [5, 5.41) is 15.7. The Kier molecular flexibility index (Phi) is 4.44. The van der Waals surface area contributed by atoms with Crippen molar-refractivity contribution in [2.75, 3.05) is 19.8 Å². The standard InChI is InChI=1S/C11H21N5O/c1-3-5-12-10-4-6-17-8-9(10)7-11-13-15-16(2)14-11/h9-10,12H,3-8H2,1-2H3. The number of tetrazole rings is 1. The van der Waals surface area contributed by atoms with Crippen molar-refractivity contribution in [2.45, 2.75) is 32.2 Å². The molecule has 0 spiro atoms. The third kappa shape index (κ3) is 3.47. The van der Waals surface area contributed by atoms with Crippen LogP contribution in [0.25, 0.3) is 0 Å². The highest BCUT2D eigenvalue weighted by Gasteiger charge is 2.26. The third-order valence-corrected chi connectivity index (χ3v) is 3.13. The number of hydrogen-bond donors (Lipinski definition) is 1. The van der Waals surface area contributed by atoms with E-state index in [1.165, 1.54) is 4.80 Å². The van der Waals surface area contributed by atoms with E-state index in [4.69, 9.17) is 4.74 Å². The van der Waals surface area contributed by atoms with Gasteiger partial charge in [-0.05, 0) is 24.6 Å². The Morgan fingerprint density at radius 2 is 2.41 bits per heavy atom. The average molecular weight is 239 g/mol. The molecule has 2 unspecified atom stereocenters. The summed E-state index contributed by atoms with van der Waals surface area (Å²) in [6.45, 7) is 4.89. The summed E-state index contributed by atoms with van der Waals surface area (Å²) in [5.41, 5.74) is 0. The molecule has 0 saturated carbocycles. The van der Waals surface area contributed by atoms with Crippen molar-refractivity contribution < 1.29 is 4.74 Å². The summed E-state index contributed by atoms with van der Waals surface area (Å²) in [6.07, 6.45) is 3.08. The Morgan fingerprint density at radius 1 is 1.53 bits per heavy atom. The first-order valence-corrected chi connectivity index (χ1v) is 6.33. The molecule has 1 saturated heterocycles. The molecule has 1 aliphatic rings. The Hall–Kier alpha value is -1.01. The maximum Gasteiger partial charge on any atom is 0.175 e. The summed E-state index contributed by atoms with van der Waals surface area (Å²) in [4.78, 5) is 1.51. The van der Waals surface area contributed by atoms with Crippen LogP contribution in [-0.2, 0) is 18.2 Å². The first kappa shape index (κ1) is 12.4. The highest BCUT2D eigenvalue weighted by molar-refractivity contribution is 4.88. The van der Waals surface area contributed by atoms with E-state index in [9.17, 15) is 0 Å². The molecule has 0 amide bonds. The molecule has 0 aromatic carbocycles. The van der Waals surface area contributed by atoms with Gasteiger partial charge in [0, 0.05) is 25.0 Å². The van der Waals surface area contributed by atoms with E-state index in [2.05, 4.69) is 27.7 Å². The molecule has 0 bridgehead atoms. The summed E-state index contributed by atoms with van der Waals surface area (Å²) >= 11 is 0. The minimum Gasteiger partial charge on any atom is -0.381 e. The van der Waals surface area contributed by atoms with Crippen molar-refractivity contribution in [1.29, 1.82) is 0 Å². The van der Waals surface area contributed by atoms with Crippen LogP contribution in [-0.4, -0.2) is 46.0 Å². The summed E-state index contributed by atoms with van der Waals surface area (Å²) in [6, 6.07) is 0.521. The van der Waals surface area contributed by atoms with E-state index in [1.807, 2.05) is 0 Å². The number of aryl methyl sites for hydroxylation is 1. The van der Waals surface area contributed by atoms with Crippen molar-refractivity contribution >= 4 is 0 Å². The van der Waals surface area contributed by atoms with Crippen LogP contribution >= 0.6 is 0 Å². The van der Waals surface area contributed by atoms with Crippen LogP contribution in [0.4, 0.5) is 0 Å². The van der Waals surface area contributed by atoms with E-state index in [1.54, 1.807) is 7.05 Å². The molecular formula is C11H21N5O. The fraction of sp³-hybridized carbons (Fsp3) is 0.909. The van der Waals surface area contributed by atoms with Gasteiger partial charge in [-0.15, -0.1) is 10.2 Å². The second-order valence-electron chi connectivity index (χ2n) is 4.58. The van der Waals surface area contributed by atoms with Gasteiger partial charge in [0.05, 0.1) is 13.7 Å². The van der Waals surface area contributed by atoms with Crippen molar-refractivity contribution in [3.63, 3.8) is 0 Å². The van der Waals surface area contributed by atoms with E-state index in [0.717, 1.165) is 44.8 Å². The fourth-order valence-electron chi connectivity index (χ4n) is 2.24. The smallest absolute Gasteiger partial charge is 0.175 e. The van der Waals surface area contributed by atoms with Crippen LogP contribution in [0.5, 0.6) is 0 Å². The van der Waals surface area contributed by atoms with E-state index in [0.29, 0.717) is 12.0 Å². The number of aromatic nitrogens is 4. The van der Waals surface area contributed by atoms with E-state index in [-0.39, 0.29) is 0 Å². The third-order valence-electron chi connectivity index (χ3n) is 3.13. The van der Waals surface area contributed by atoms with Crippen LogP contribution in [0.2, 0.25) is 0 Å². The van der Waals surface area contributed by atoms with Gasteiger partial charge in [-0.3, -0.25) is 0 Å². The number of nitrogens with one attached hydrogen (secondary N) is 1. The van der Waals surface area contributed by atoms with Gasteiger partial charge in [-0.25, -0.2) is 0 Å². The molecule has 17 heavy (non-hydrogen) atoms. The zero-order chi connectivity index (χ0) is 12.1. The van der Waals surface area contributed by atoms with Gasteiger partial charge in [0.2, 0.25) is 0 Å². The fourth-order valence-corrected chi connectivity index (χ4v) is 2.24. The van der Waals surface area contributed by atoms with Gasteiger partial charge in [0.1, 0.15) is 0 Å². The lowest BCUT2D eigenvalue weighted by molar-refractivity contribution is 0.0315. The normalized spacial score (nSPS) is 25.1. The van der Waals surface area contributed by atoms with Gasteiger partial charge in [-0.1, -0.05) is 6.92 Å². The Balaban J connectivity index is 1.91. The predicted molar refractivity (Wildman–Crippen MR) is 63.5 cm³/mol. The summed E-state index contributed by atoms with van der Waals surface area (Å²) in [7, 11) is 1.79. The van der Waals surface area contributed by atoms with E-state index < -0.39 is 0 Å². The van der Waals surface area contributed by atoms with Crippen LogP contribution in [0, 0.1) is 5.92 Å². The Labute approximate surface area is 102 Å². The molecule has 1 aromatic rings. The SMILES string of the molecule is CCCNC1CCOCC1Cc1nnn(C)n1. The number of hydrogen-bond acceptors (Lipinski definition) is 5. The lowest BCUT2D eigenvalue weighted by Gasteiger charge is -2.31. The zero-order valence-corrected chi connectivity index (χ0v) is 10.6. The quantitative estimate of drug-likeness (QED) is 0.793. The molecule has 2 rings (SSSR count).